The van der Waals surface area contributed by atoms with E-state index in [9.17, 15) is 9.59 Å². The predicted octanol–water partition coefficient (Wildman–Crippen LogP) is 6.62. The van der Waals surface area contributed by atoms with Crippen LogP contribution in [0.3, 0.4) is 0 Å². The highest BCUT2D eigenvalue weighted by atomic mass is 32.2. The second-order valence-electron chi connectivity index (χ2n) is 7.65. The Labute approximate surface area is 197 Å². The third kappa shape index (κ3) is 5.73. The van der Waals surface area contributed by atoms with Gasteiger partial charge in [-0.25, -0.2) is 0 Å². The van der Waals surface area contributed by atoms with Crippen LogP contribution in [0.4, 0.5) is 11.4 Å². The van der Waals surface area contributed by atoms with Crippen molar-refractivity contribution in [2.75, 3.05) is 10.6 Å². The average molecular weight is 457 g/mol. The van der Waals surface area contributed by atoms with E-state index in [0.717, 1.165) is 21.7 Å². The number of nitrogens with one attached hydrogen (secondary N) is 2. The Morgan fingerprint density at radius 3 is 2.18 bits per heavy atom. The first-order valence-corrected chi connectivity index (χ1v) is 11.4. The fourth-order valence-electron chi connectivity index (χ4n) is 3.28. The Balaban J connectivity index is 1.50. The zero-order valence-electron chi connectivity index (χ0n) is 18.4. The molecule has 0 fully saturated rings. The van der Waals surface area contributed by atoms with Crippen molar-refractivity contribution in [2.45, 2.75) is 24.0 Å². The van der Waals surface area contributed by atoms with Crippen molar-refractivity contribution in [3.8, 4) is 0 Å². The topological polar surface area (TPSA) is 71.3 Å². The third-order valence-electron chi connectivity index (χ3n) is 5.23. The fourth-order valence-corrected chi connectivity index (χ4v) is 4.31. The van der Waals surface area contributed by atoms with E-state index in [-0.39, 0.29) is 17.6 Å². The van der Waals surface area contributed by atoms with Crippen LogP contribution in [0.1, 0.15) is 32.5 Å². The van der Waals surface area contributed by atoms with Gasteiger partial charge in [-0.05, 0) is 79.1 Å². The highest BCUT2D eigenvalue weighted by Gasteiger charge is 2.22. The Hall–Kier alpha value is -3.77. The summed E-state index contributed by atoms with van der Waals surface area (Å²) in [6.07, 6.45) is 1.46. The Kier molecular flexibility index (Phi) is 6.95. The molecular weight excluding hydrogens is 432 g/mol. The summed E-state index contributed by atoms with van der Waals surface area (Å²) in [7, 11) is 0. The van der Waals surface area contributed by atoms with E-state index in [1.54, 1.807) is 12.1 Å². The zero-order valence-corrected chi connectivity index (χ0v) is 19.2. The van der Waals surface area contributed by atoms with Crippen molar-refractivity contribution in [1.29, 1.82) is 0 Å². The molecule has 0 saturated carbocycles. The molecule has 33 heavy (non-hydrogen) atoms. The molecule has 0 radical (unpaired) electrons. The monoisotopic (exact) mass is 456 g/mol. The van der Waals surface area contributed by atoms with Gasteiger partial charge in [0.25, 0.3) is 5.91 Å². The van der Waals surface area contributed by atoms with Crippen molar-refractivity contribution >= 4 is 35.0 Å². The van der Waals surface area contributed by atoms with Gasteiger partial charge in [0.1, 0.15) is 5.25 Å². The lowest BCUT2D eigenvalue weighted by Gasteiger charge is -2.18. The fraction of sp³-hybridized carbons (Fsp3) is 0.111. The van der Waals surface area contributed by atoms with Crippen LogP contribution in [0.15, 0.2) is 101 Å². The van der Waals surface area contributed by atoms with E-state index in [2.05, 4.69) is 10.6 Å². The molecule has 3 aromatic carbocycles. The molecule has 1 heterocycles. The molecule has 1 atom stereocenters. The van der Waals surface area contributed by atoms with Gasteiger partial charge in [-0.3, -0.25) is 9.59 Å². The van der Waals surface area contributed by atoms with E-state index >= 15 is 0 Å². The molecule has 0 aliphatic heterocycles. The van der Waals surface area contributed by atoms with Crippen molar-refractivity contribution in [3.05, 3.63) is 114 Å². The largest absolute Gasteiger partial charge is 0.459 e. The number of amides is 2. The summed E-state index contributed by atoms with van der Waals surface area (Å²) in [6.45, 7) is 4.07. The zero-order chi connectivity index (χ0) is 23.2. The van der Waals surface area contributed by atoms with Gasteiger partial charge in [-0.2, -0.15) is 0 Å². The van der Waals surface area contributed by atoms with Crippen LogP contribution in [0.25, 0.3) is 0 Å². The minimum atomic E-state index is -0.434. The summed E-state index contributed by atoms with van der Waals surface area (Å²) >= 11 is 1.46. The van der Waals surface area contributed by atoms with Gasteiger partial charge in [-0.15, -0.1) is 11.8 Å². The number of hydrogen-bond acceptors (Lipinski definition) is 4. The van der Waals surface area contributed by atoms with Gasteiger partial charge in [0.05, 0.1) is 6.26 Å². The highest BCUT2D eigenvalue weighted by molar-refractivity contribution is 8.00. The molecule has 4 aromatic rings. The van der Waals surface area contributed by atoms with Gasteiger partial charge in [0.2, 0.25) is 5.91 Å². The number of carbonyl (C=O) groups is 2. The molecule has 2 amide bonds. The second-order valence-corrected chi connectivity index (χ2v) is 8.83. The molecule has 5 nitrogen and oxygen atoms in total. The Morgan fingerprint density at radius 1 is 0.788 bits per heavy atom. The van der Waals surface area contributed by atoms with Crippen LogP contribution in [-0.4, -0.2) is 11.8 Å². The molecular formula is C27H24N2O3S. The van der Waals surface area contributed by atoms with Crippen LogP contribution in [0.2, 0.25) is 0 Å². The van der Waals surface area contributed by atoms with Crippen molar-refractivity contribution < 1.29 is 14.0 Å². The summed E-state index contributed by atoms with van der Waals surface area (Å²) in [5.41, 5.74) is 4.65. The minimum Gasteiger partial charge on any atom is -0.459 e. The molecule has 2 N–H and O–H groups in total. The second kappa shape index (κ2) is 10.2. The van der Waals surface area contributed by atoms with E-state index in [0.29, 0.717) is 5.69 Å². The smallest absolute Gasteiger partial charge is 0.291 e. The van der Waals surface area contributed by atoms with Crippen LogP contribution < -0.4 is 10.6 Å². The molecule has 4 rings (SSSR count). The molecule has 166 valence electrons. The van der Waals surface area contributed by atoms with Gasteiger partial charge in [0.15, 0.2) is 5.76 Å². The molecule has 0 aliphatic rings. The number of rotatable bonds is 7. The summed E-state index contributed by atoms with van der Waals surface area (Å²) in [5.74, 6) is -0.152. The molecule has 0 saturated heterocycles. The Bertz CT molecular complexity index is 1240. The van der Waals surface area contributed by atoms with Gasteiger partial charge in [0, 0.05) is 16.3 Å². The van der Waals surface area contributed by atoms with Gasteiger partial charge < -0.3 is 15.1 Å². The standard InChI is InChI=1S/C27H24N2O3S/c1-18-10-11-22(17-19(18)2)29-27(31)25(20-7-4-3-5-8-20)33-23-14-12-21(13-15-23)28-26(30)24-9-6-16-32-24/h3-17,25H,1-2H3,(H,28,30)(H,29,31). The van der Waals surface area contributed by atoms with Gasteiger partial charge >= 0.3 is 0 Å². The number of furan rings is 1. The molecule has 1 aromatic heterocycles. The van der Waals surface area contributed by atoms with Crippen molar-refractivity contribution in [1.82, 2.24) is 0 Å². The highest BCUT2D eigenvalue weighted by Crippen LogP contribution is 2.37. The van der Waals surface area contributed by atoms with E-state index in [4.69, 9.17) is 4.42 Å². The first-order chi connectivity index (χ1) is 16.0. The number of hydrogen-bond donors (Lipinski definition) is 2. The predicted molar refractivity (Wildman–Crippen MR) is 133 cm³/mol. The molecule has 0 bridgehead atoms. The molecule has 0 spiro atoms. The number of carbonyl (C=O) groups excluding carboxylic acids is 2. The van der Waals surface area contributed by atoms with Crippen LogP contribution in [-0.2, 0) is 4.79 Å². The number of benzene rings is 3. The third-order valence-corrected chi connectivity index (χ3v) is 6.49. The lowest BCUT2D eigenvalue weighted by Crippen LogP contribution is -2.19. The SMILES string of the molecule is Cc1ccc(NC(=O)C(Sc2ccc(NC(=O)c3ccco3)cc2)c2ccccc2)cc1C. The van der Waals surface area contributed by atoms with Crippen LogP contribution in [0, 0.1) is 13.8 Å². The normalized spacial score (nSPS) is 11.6. The maximum atomic E-state index is 13.3. The molecule has 6 heteroatoms. The van der Waals surface area contributed by atoms with Crippen LogP contribution in [0.5, 0.6) is 0 Å². The number of thioether (sulfide) groups is 1. The van der Waals surface area contributed by atoms with Crippen LogP contribution >= 0.6 is 11.8 Å². The maximum absolute atomic E-state index is 13.3. The lowest BCUT2D eigenvalue weighted by atomic mass is 10.1. The number of anilines is 2. The maximum Gasteiger partial charge on any atom is 0.291 e. The first kappa shape index (κ1) is 22.4. The van der Waals surface area contributed by atoms with Gasteiger partial charge in [-0.1, -0.05) is 36.4 Å². The van der Waals surface area contributed by atoms with E-state index in [1.165, 1.54) is 23.6 Å². The van der Waals surface area contributed by atoms with Crippen molar-refractivity contribution in [3.63, 3.8) is 0 Å². The summed E-state index contributed by atoms with van der Waals surface area (Å²) < 4.78 is 5.12. The molecule has 0 aliphatic carbocycles. The summed E-state index contributed by atoms with van der Waals surface area (Å²) in [6, 6.07) is 26.3. The summed E-state index contributed by atoms with van der Waals surface area (Å²) in [4.78, 5) is 26.3. The van der Waals surface area contributed by atoms with E-state index < -0.39 is 5.25 Å². The van der Waals surface area contributed by atoms with Crippen molar-refractivity contribution in [2.24, 2.45) is 0 Å². The first-order valence-electron chi connectivity index (χ1n) is 10.5. The lowest BCUT2D eigenvalue weighted by molar-refractivity contribution is -0.115. The Morgan fingerprint density at radius 2 is 1.52 bits per heavy atom. The number of aryl methyl sites for hydroxylation is 2. The average Bonchev–Trinajstić information content (AvgIpc) is 3.37. The quantitative estimate of drug-likeness (QED) is 0.307. The minimum absolute atomic E-state index is 0.0929. The molecule has 1 unspecified atom stereocenters. The van der Waals surface area contributed by atoms with E-state index in [1.807, 2.05) is 86.6 Å². The summed E-state index contributed by atoms with van der Waals surface area (Å²) in [5, 5.41) is 5.42.